The average molecular weight is 344 g/mol. The fourth-order valence-electron chi connectivity index (χ4n) is 2.98. The Morgan fingerprint density at radius 2 is 2.08 bits per heavy atom. The molecule has 2 aromatic rings. The minimum Gasteiger partial charge on any atom is -0.493 e. The first kappa shape index (κ1) is 17.2. The zero-order valence-corrected chi connectivity index (χ0v) is 13.7. The summed E-state index contributed by atoms with van der Waals surface area (Å²) in [5, 5.41) is 15.2. The molecule has 0 fully saturated rings. The summed E-state index contributed by atoms with van der Waals surface area (Å²) in [6.45, 7) is 0.318. The number of rotatable bonds is 4. The highest BCUT2D eigenvalue weighted by Gasteiger charge is 2.23. The van der Waals surface area contributed by atoms with Gasteiger partial charge in [0.1, 0.15) is 11.6 Å². The second-order valence-corrected chi connectivity index (χ2v) is 5.99. The summed E-state index contributed by atoms with van der Waals surface area (Å²) >= 11 is 0. The minimum atomic E-state index is -0.504. The summed E-state index contributed by atoms with van der Waals surface area (Å²) in [4.78, 5) is 12.4. The van der Waals surface area contributed by atoms with Gasteiger partial charge in [0.2, 0.25) is 0 Å². The predicted molar refractivity (Wildman–Crippen MR) is 91.8 cm³/mol. The highest BCUT2D eigenvalue weighted by molar-refractivity contribution is 5.75. The van der Waals surface area contributed by atoms with Crippen LogP contribution in [0.4, 0.5) is 9.18 Å². The van der Waals surface area contributed by atoms with Crippen molar-refractivity contribution in [3.05, 3.63) is 65.5 Å². The van der Waals surface area contributed by atoms with Crippen LogP contribution in [0.1, 0.15) is 36.1 Å². The maximum atomic E-state index is 13.6. The predicted octanol–water partition coefficient (Wildman–Crippen LogP) is 3.07. The van der Waals surface area contributed by atoms with Crippen LogP contribution < -0.4 is 15.4 Å². The molecule has 132 valence electrons. The molecule has 6 heteroatoms. The first-order valence-corrected chi connectivity index (χ1v) is 8.32. The van der Waals surface area contributed by atoms with Gasteiger partial charge in [-0.1, -0.05) is 30.3 Å². The molecule has 0 unspecified atom stereocenters. The third kappa shape index (κ3) is 4.28. The van der Waals surface area contributed by atoms with Gasteiger partial charge in [-0.25, -0.2) is 9.18 Å². The Morgan fingerprint density at radius 1 is 1.28 bits per heavy atom. The van der Waals surface area contributed by atoms with Crippen LogP contribution in [-0.4, -0.2) is 24.4 Å². The quantitative estimate of drug-likeness (QED) is 0.798. The molecule has 0 aliphatic carbocycles. The summed E-state index contributed by atoms with van der Waals surface area (Å²) in [6.07, 6.45) is 1.41. The number of fused-ring (bicyclic) bond motifs is 1. The van der Waals surface area contributed by atoms with Gasteiger partial charge in [-0.2, -0.15) is 0 Å². The smallest absolute Gasteiger partial charge is 0.315 e. The number of aliphatic hydroxyl groups is 1. The Bertz CT molecular complexity index is 724. The molecule has 0 saturated carbocycles. The van der Waals surface area contributed by atoms with Crippen molar-refractivity contribution in [2.24, 2.45) is 0 Å². The zero-order valence-electron chi connectivity index (χ0n) is 13.7. The Labute approximate surface area is 145 Å². The largest absolute Gasteiger partial charge is 0.493 e. The minimum absolute atomic E-state index is 0.212. The maximum Gasteiger partial charge on any atom is 0.315 e. The molecule has 2 aromatic carbocycles. The first-order chi connectivity index (χ1) is 12.2. The first-order valence-electron chi connectivity index (χ1n) is 8.32. The van der Waals surface area contributed by atoms with Crippen LogP contribution in [0.2, 0.25) is 0 Å². The van der Waals surface area contributed by atoms with E-state index in [9.17, 15) is 14.3 Å². The molecular weight excluding hydrogens is 323 g/mol. The standard InChI is InChI=1S/C19H21FN2O3/c20-14-8-9-18-15(11-14)16(7-4-10-25-18)21-19(24)22-17(12-23)13-5-2-1-3-6-13/h1-3,5-6,8-9,11,16-17,23H,4,7,10,12H2,(H2,21,22,24)/t16-,17-/m0/s1. The molecule has 0 radical (unpaired) electrons. The maximum absolute atomic E-state index is 13.6. The van der Waals surface area contributed by atoms with E-state index in [0.29, 0.717) is 24.3 Å². The SMILES string of the molecule is O=C(N[C@@H](CO)c1ccccc1)N[C@H]1CCCOc2ccc(F)cc21. The third-order valence-electron chi connectivity index (χ3n) is 4.24. The molecule has 0 saturated heterocycles. The number of hydrogen-bond acceptors (Lipinski definition) is 3. The number of carbonyl (C=O) groups is 1. The van der Waals surface area contributed by atoms with Crippen molar-refractivity contribution in [1.29, 1.82) is 0 Å². The highest BCUT2D eigenvalue weighted by Crippen LogP contribution is 2.32. The molecule has 0 spiro atoms. The molecule has 1 aliphatic rings. The fraction of sp³-hybridized carbons (Fsp3) is 0.316. The van der Waals surface area contributed by atoms with E-state index >= 15 is 0 Å². The lowest BCUT2D eigenvalue weighted by atomic mass is 10.0. The van der Waals surface area contributed by atoms with Crippen molar-refractivity contribution in [3.8, 4) is 5.75 Å². The lowest BCUT2D eigenvalue weighted by molar-refractivity contribution is 0.213. The number of benzene rings is 2. The average Bonchev–Trinajstić information content (AvgIpc) is 2.82. The monoisotopic (exact) mass is 344 g/mol. The van der Waals surface area contributed by atoms with Crippen molar-refractivity contribution < 1.29 is 19.0 Å². The van der Waals surface area contributed by atoms with Crippen LogP contribution in [0.15, 0.2) is 48.5 Å². The van der Waals surface area contributed by atoms with E-state index in [1.165, 1.54) is 12.1 Å². The van der Waals surface area contributed by atoms with Gasteiger partial charge in [0, 0.05) is 5.56 Å². The van der Waals surface area contributed by atoms with Gasteiger partial charge in [-0.05, 0) is 36.6 Å². The molecule has 25 heavy (non-hydrogen) atoms. The van der Waals surface area contributed by atoms with Crippen molar-refractivity contribution in [1.82, 2.24) is 10.6 Å². The lowest BCUT2D eigenvalue weighted by Gasteiger charge is -2.22. The normalized spacial score (nSPS) is 17.6. The topological polar surface area (TPSA) is 70.6 Å². The third-order valence-corrected chi connectivity index (χ3v) is 4.24. The Kier molecular flexibility index (Phi) is 5.50. The van der Waals surface area contributed by atoms with E-state index in [2.05, 4.69) is 10.6 Å². The summed E-state index contributed by atoms with van der Waals surface area (Å²) in [5.74, 6) is 0.222. The van der Waals surface area contributed by atoms with Gasteiger partial charge in [0.05, 0.1) is 25.3 Å². The van der Waals surface area contributed by atoms with Gasteiger partial charge in [-0.15, -0.1) is 0 Å². The van der Waals surface area contributed by atoms with Crippen LogP contribution in [0, 0.1) is 5.82 Å². The number of urea groups is 1. The summed E-state index contributed by atoms with van der Waals surface area (Å²) in [7, 11) is 0. The van der Waals surface area contributed by atoms with Crippen LogP contribution in [0.5, 0.6) is 5.75 Å². The molecule has 3 rings (SSSR count). The van der Waals surface area contributed by atoms with Crippen molar-refractivity contribution in [2.45, 2.75) is 24.9 Å². The Morgan fingerprint density at radius 3 is 2.84 bits per heavy atom. The van der Waals surface area contributed by atoms with Gasteiger partial charge in [0.15, 0.2) is 0 Å². The summed E-state index contributed by atoms with van der Waals surface area (Å²) in [5.41, 5.74) is 1.45. The van der Waals surface area contributed by atoms with E-state index < -0.39 is 12.1 Å². The van der Waals surface area contributed by atoms with Gasteiger partial charge >= 0.3 is 6.03 Å². The van der Waals surface area contributed by atoms with E-state index in [1.807, 2.05) is 30.3 Å². The molecule has 2 amide bonds. The molecule has 1 heterocycles. The van der Waals surface area contributed by atoms with Gasteiger partial charge in [-0.3, -0.25) is 0 Å². The highest BCUT2D eigenvalue weighted by atomic mass is 19.1. The van der Waals surface area contributed by atoms with E-state index in [0.717, 1.165) is 12.0 Å². The zero-order chi connectivity index (χ0) is 17.6. The molecule has 0 aromatic heterocycles. The summed E-state index contributed by atoms with van der Waals surface area (Å²) < 4.78 is 19.2. The Hall–Kier alpha value is -2.60. The van der Waals surface area contributed by atoms with E-state index in [4.69, 9.17) is 4.74 Å². The molecule has 3 N–H and O–H groups in total. The van der Waals surface area contributed by atoms with Crippen LogP contribution in [0.3, 0.4) is 0 Å². The number of nitrogens with one attached hydrogen (secondary N) is 2. The van der Waals surface area contributed by atoms with E-state index in [1.54, 1.807) is 6.07 Å². The lowest BCUT2D eigenvalue weighted by Crippen LogP contribution is -2.41. The van der Waals surface area contributed by atoms with Crippen molar-refractivity contribution >= 4 is 6.03 Å². The van der Waals surface area contributed by atoms with Gasteiger partial charge < -0.3 is 20.5 Å². The number of ether oxygens (including phenoxy) is 1. The Balaban J connectivity index is 1.71. The molecule has 5 nitrogen and oxygen atoms in total. The number of carbonyl (C=O) groups excluding carboxylic acids is 1. The summed E-state index contributed by atoms with van der Waals surface area (Å²) in [6, 6.07) is 12.3. The van der Waals surface area contributed by atoms with Crippen molar-refractivity contribution in [3.63, 3.8) is 0 Å². The van der Waals surface area contributed by atoms with Crippen molar-refractivity contribution in [2.75, 3.05) is 13.2 Å². The second-order valence-electron chi connectivity index (χ2n) is 5.99. The van der Waals surface area contributed by atoms with Crippen LogP contribution in [0.25, 0.3) is 0 Å². The number of halogens is 1. The number of aliphatic hydroxyl groups excluding tert-OH is 1. The van der Waals surface area contributed by atoms with Crippen LogP contribution >= 0.6 is 0 Å². The molecule has 2 atom stereocenters. The fourth-order valence-corrected chi connectivity index (χ4v) is 2.98. The second kappa shape index (κ2) is 7.98. The van der Waals surface area contributed by atoms with Crippen LogP contribution in [-0.2, 0) is 0 Å². The number of amides is 2. The molecular formula is C19H21FN2O3. The molecule has 1 aliphatic heterocycles. The number of hydrogen-bond donors (Lipinski definition) is 3. The van der Waals surface area contributed by atoms with E-state index in [-0.39, 0.29) is 18.5 Å². The van der Waals surface area contributed by atoms with Gasteiger partial charge in [0.25, 0.3) is 0 Å². The molecule has 0 bridgehead atoms.